The third-order valence-electron chi connectivity index (χ3n) is 3.03. The van der Waals surface area contributed by atoms with Gasteiger partial charge in [-0.25, -0.2) is 13.6 Å². The molecule has 0 saturated carbocycles. The summed E-state index contributed by atoms with van der Waals surface area (Å²) in [6.45, 7) is 0. The fraction of sp³-hybridized carbons (Fsp3) is 0. The minimum atomic E-state index is -3.77. The van der Waals surface area contributed by atoms with Crippen LogP contribution in [-0.2, 0) is 10.0 Å². The van der Waals surface area contributed by atoms with Crippen molar-refractivity contribution in [1.29, 1.82) is 0 Å². The normalized spacial score (nSPS) is 12.1. The molecule has 3 rings (SSSR count). The van der Waals surface area contributed by atoms with Crippen molar-refractivity contribution in [2.75, 3.05) is 0 Å². The molecule has 1 heterocycles. The van der Waals surface area contributed by atoms with Crippen LogP contribution in [0.2, 0.25) is 0 Å². The summed E-state index contributed by atoms with van der Waals surface area (Å²) >= 11 is 0. The molecule has 0 saturated heterocycles. The predicted molar refractivity (Wildman–Crippen MR) is 73.4 cm³/mol. The summed E-state index contributed by atoms with van der Waals surface area (Å²) in [6, 6.07) is 11.4. The lowest BCUT2D eigenvalue weighted by Crippen LogP contribution is -2.12. The first-order valence-corrected chi connectivity index (χ1v) is 7.09. The summed E-state index contributed by atoms with van der Waals surface area (Å²) in [5.41, 5.74) is 0.377. The van der Waals surface area contributed by atoms with Crippen molar-refractivity contribution in [3.63, 3.8) is 0 Å². The highest BCUT2D eigenvalue weighted by molar-refractivity contribution is 7.89. The van der Waals surface area contributed by atoms with Gasteiger partial charge in [-0.05, 0) is 29.7 Å². The van der Waals surface area contributed by atoms with E-state index in [-0.39, 0.29) is 10.5 Å². The highest BCUT2D eigenvalue weighted by Crippen LogP contribution is 2.23. The van der Waals surface area contributed by atoms with Gasteiger partial charge in [-0.2, -0.15) is 0 Å². The summed E-state index contributed by atoms with van der Waals surface area (Å²) in [5.74, 6) is 0. The van der Waals surface area contributed by atoms with Crippen LogP contribution < -0.4 is 10.7 Å². The largest absolute Gasteiger partial charge is 0.321 e. The highest BCUT2D eigenvalue weighted by Gasteiger charge is 2.11. The number of hydrogen-bond donors (Lipinski definition) is 2. The number of primary sulfonamides is 1. The Bertz CT molecular complexity index is 958. The van der Waals surface area contributed by atoms with Gasteiger partial charge in [0, 0.05) is 16.3 Å². The van der Waals surface area contributed by atoms with E-state index in [1.54, 1.807) is 30.3 Å². The second kappa shape index (κ2) is 3.91. The summed E-state index contributed by atoms with van der Waals surface area (Å²) in [4.78, 5) is 14.6. The number of nitrogens with two attached hydrogens (primary N) is 1. The van der Waals surface area contributed by atoms with Crippen LogP contribution in [0.25, 0.3) is 21.7 Å². The van der Waals surface area contributed by atoms with Crippen LogP contribution >= 0.6 is 0 Å². The molecule has 0 atom stereocenters. The molecule has 3 aromatic rings. The molecule has 0 radical (unpaired) electrons. The maximum atomic E-state index is 11.9. The molecule has 1 aromatic heterocycles. The Morgan fingerprint density at radius 1 is 0.947 bits per heavy atom. The van der Waals surface area contributed by atoms with Crippen molar-refractivity contribution in [2.45, 2.75) is 4.90 Å². The van der Waals surface area contributed by atoms with Crippen molar-refractivity contribution >= 4 is 31.7 Å². The van der Waals surface area contributed by atoms with Crippen molar-refractivity contribution < 1.29 is 8.42 Å². The van der Waals surface area contributed by atoms with E-state index in [9.17, 15) is 13.2 Å². The first-order chi connectivity index (χ1) is 8.97. The van der Waals surface area contributed by atoms with E-state index in [1.165, 1.54) is 12.1 Å². The monoisotopic (exact) mass is 274 g/mol. The van der Waals surface area contributed by atoms with Crippen molar-refractivity contribution in [3.05, 3.63) is 52.8 Å². The highest BCUT2D eigenvalue weighted by atomic mass is 32.2. The number of sulfonamides is 1. The molecule has 0 unspecified atom stereocenters. The number of pyridine rings is 1. The van der Waals surface area contributed by atoms with Crippen LogP contribution in [0.15, 0.2) is 52.2 Å². The molecule has 0 aliphatic rings. The summed E-state index contributed by atoms with van der Waals surface area (Å²) in [6.07, 6.45) is 0. The maximum Gasteiger partial charge on any atom is 0.256 e. The number of rotatable bonds is 1. The molecule has 0 aliphatic carbocycles. The van der Waals surface area contributed by atoms with Crippen LogP contribution in [0.4, 0.5) is 0 Å². The zero-order chi connectivity index (χ0) is 13.6. The van der Waals surface area contributed by atoms with E-state index in [4.69, 9.17) is 5.14 Å². The van der Waals surface area contributed by atoms with Gasteiger partial charge in [-0.3, -0.25) is 4.79 Å². The van der Waals surface area contributed by atoms with Gasteiger partial charge in [-0.15, -0.1) is 0 Å². The number of aromatic amines is 1. The van der Waals surface area contributed by atoms with Crippen LogP contribution in [0.1, 0.15) is 0 Å². The molecule has 0 fully saturated rings. The van der Waals surface area contributed by atoms with E-state index in [1.807, 2.05) is 0 Å². The molecular weight excluding hydrogens is 264 g/mol. The lowest BCUT2D eigenvalue weighted by Gasteiger charge is -2.05. The fourth-order valence-electron chi connectivity index (χ4n) is 2.14. The Labute approximate surface area is 108 Å². The molecule has 0 spiro atoms. The molecule has 19 heavy (non-hydrogen) atoms. The molecule has 0 bridgehead atoms. The van der Waals surface area contributed by atoms with Crippen LogP contribution in [0.5, 0.6) is 0 Å². The van der Waals surface area contributed by atoms with E-state index in [0.717, 1.165) is 0 Å². The van der Waals surface area contributed by atoms with Crippen LogP contribution in [0, 0.1) is 0 Å². The van der Waals surface area contributed by atoms with Crippen molar-refractivity contribution in [1.82, 2.24) is 4.98 Å². The average molecular weight is 274 g/mol. The number of nitrogens with one attached hydrogen (secondary N) is 1. The Morgan fingerprint density at radius 3 is 2.32 bits per heavy atom. The summed E-state index contributed by atoms with van der Waals surface area (Å²) in [7, 11) is -3.77. The summed E-state index contributed by atoms with van der Waals surface area (Å²) in [5, 5.41) is 6.99. The van der Waals surface area contributed by atoms with Crippen LogP contribution in [-0.4, -0.2) is 13.4 Å². The molecule has 0 amide bonds. The minimum Gasteiger partial charge on any atom is -0.321 e. The third kappa shape index (κ3) is 1.91. The Hall–Kier alpha value is -2.18. The summed E-state index contributed by atoms with van der Waals surface area (Å²) < 4.78 is 22.8. The standard InChI is InChI=1S/C13H10N2O3S/c14-19(17,18)8-5-6-12-11(7-8)9-3-1-2-4-10(9)13(16)15-12/h1-7H,(H,15,16)(H2,14,17,18). The Morgan fingerprint density at radius 2 is 1.63 bits per heavy atom. The van der Waals surface area contributed by atoms with Gasteiger partial charge in [0.05, 0.1) is 4.90 Å². The van der Waals surface area contributed by atoms with Gasteiger partial charge in [0.1, 0.15) is 0 Å². The van der Waals surface area contributed by atoms with Gasteiger partial charge in [-0.1, -0.05) is 18.2 Å². The number of fused-ring (bicyclic) bond motifs is 3. The van der Waals surface area contributed by atoms with Gasteiger partial charge in [0.25, 0.3) is 5.56 Å². The number of H-pyrrole nitrogens is 1. The lowest BCUT2D eigenvalue weighted by atomic mass is 10.1. The molecule has 96 valence electrons. The number of aromatic nitrogens is 1. The quantitative estimate of drug-likeness (QED) is 0.655. The van der Waals surface area contributed by atoms with E-state index in [2.05, 4.69) is 4.98 Å². The first-order valence-electron chi connectivity index (χ1n) is 5.54. The molecular formula is C13H10N2O3S. The van der Waals surface area contributed by atoms with Gasteiger partial charge < -0.3 is 4.98 Å². The van der Waals surface area contributed by atoms with Crippen LogP contribution in [0.3, 0.4) is 0 Å². The van der Waals surface area contributed by atoms with E-state index in [0.29, 0.717) is 21.7 Å². The van der Waals surface area contributed by atoms with Gasteiger partial charge in [0.2, 0.25) is 10.0 Å². The molecule has 0 aliphatic heterocycles. The molecule has 3 N–H and O–H groups in total. The zero-order valence-corrected chi connectivity index (χ0v) is 10.6. The SMILES string of the molecule is NS(=O)(=O)c1ccc2[nH]c(=O)c3ccccc3c2c1. The van der Waals surface area contributed by atoms with E-state index >= 15 is 0 Å². The average Bonchev–Trinajstić information content (AvgIpc) is 2.37. The second-order valence-electron chi connectivity index (χ2n) is 4.25. The smallest absolute Gasteiger partial charge is 0.256 e. The topological polar surface area (TPSA) is 93.0 Å². The predicted octanol–water partition coefficient (Wildman–Crippen LogP) is 1.33. The van der Waals surface area contributed by atoms with Crippen molar-refractivity contribution in [2.24, 2.45) is 5.14 Å². The number of hydrogen-bond acceptors (Lipinski definition) is 3. The second-order valence-corrected chi connectivity index (χ2v) is 5.81. The van der Waals surface area contributed by atoms with Gasteiger partial charge in [0.15, 0.2) is 0 Å². The van der Waals surface area contributed by atoms with Gasteiger partial charge >= 0.3 is 0 Å². The number of benzene rings is 2. The first kappa shape index (κ1) is 11.9. The molecule has 5 nitrogen and oxygen atoms in total. The van der Waals surface area contributed by atoms with Crippen molar-refractivity contribution in [3.8, 4) is 0 Å². The lowest BCUT2D eigenvalue weighted by molar-refractivity contribution is 0.598. The third-order valence-corrected chi connectivity index (χ3v) is 3.94. The molecule has 6 heteroatoms. The molecule has 2 aromatic carbocycles. The minimum absolute atomic E-state index is 0.0252. The zero-order valence-electron chi connectivity index (χ0n) is 9.75. The van der Waals surface area contributed by atoms with E-state index < -0.39 is 10.0 Å². The fourth-order valence-corrected chi connectivity index (χ4v) is 2.68. The maximum absolute atomic E-state index is 11.9. The Balaban J connectivity index is 2.55. The Kier molecular flexibility index (Phi) is 2.44.